The van der Waals surface area contributed by atoms with Crippen LogP contribution >= 0.6 is 7.82 Å². The predicted octanol–water partition coefficient (Wildman–Crippen LogP) is 8.41. The Labute approximate surface area is 337 Å². The molecule has 0 aromatic rings. The molecule has 0 amide bonds. The van der Waals surface area contributed by atoms with E-state index in [1.165, 1.54) is 25.3 Å². The lowest BCUT2D eigenvalue weighted by Crippen LogP contribution is -2.30. The molecular formula is C43H74NO11P. The van der Waals surface area contributed by atoms with E-state index in [-0.39, 0.29) is 45.4 Å². The average Bonchev–Trinajstić information content (AvgIpc) is 3.17. The van der Waals surface area contributed by atoms with Crippen molar-refractivity contribution in [1.29, 1.82) is 0 Å². The molecule has 5 atom stereocenters. The predicted molar refractivity (Wildman–Crippen MR) is 224 cm³/mol. The molecule has 56 heavy (non-hydrogen) atoms. The summed E-state index contributed by atoms with van der Waals surface area (Å²) in [6.45, 7) is 3.15. The number of carbonyl (C=O) groups excluding carboxylic acids is 2. The summed E-state index contributed by atoms with van der Waals surface area (Å²) in [5.74, 6) is -1.18. The number of aliphatic hydroxyl groups is 3. The molecule has 0 heterocycles. The first-order valence-electron chi connectivity index (χ1n) is 20.7. The topological polar surface area (TPSA) is 195 Å². The second kappa shape index (κ2) is 37.9. The molecule has 0 aliphatic carbocycles. The minimum absolute atomic E-state index is 0.00783. The van der Waals surface area contributed by atoms with Crippen molar-refractivity contribution >= 4 is 19.8 Å². The number of ether oxygens (including phenoxy) is 2. The van der Waals surface area contributed by atoms with Crippen LogP contribution in [0.25, 0.3) is 0 Å². The number of nitrogens with two attached hydrogens (primary N) is 1. The van der Waals surface area contributed by atoms with Gasteiger partial charge in [0.15, 0.2) is 6.10 Å². The van der Waals surface area contributed by atoms with Crippen molar-refractivity contribution in [2.24, 2.45) is 5.73 Å². The average molecular weight is 812 g/mol. The summed E-state index contributed by atoms with van der Waals surface area (Å²) in [6, 6.07) is 0. The van der Waals surface area contributed by atoms with Gasteiger partial charge >= 0.3 is 19.8 Å². The smallest absolute Gasteiger partial charge is 0.462 e. The van der Waals surface area contributed by atoms with Gasteiger partial charge in [-0.15, -0.1) is 0 Å². The zero-order valence-electron chi connectivity index (χ0n) is 34.2. The third-order valence-corrected chi connectivity index (χ3v) is 9.42. The van der Waals surface area contributed by atoms with Crippen LogP contribution in [0, 0.1) is 0 Å². The first-order valence-corrected chi connectivity index (χ1v) is 22.2. The van der Waals surface area contributed by atoms with Crippen LogP contribution < -0.4 is 5.73 Å². The molecule has 0 rings (SSSR count). The lowest BCUT2D eigenvalue weighted by Gasteiger charge is -2.20. The van der Waals surface area contributed by atoms with E-state index in [1.54, 1.807) is 42.5 Å². The van der Waals surface area contributed by atoms with Gasteiger partial charge in [-0.1, -0.05) is 138 Å². The van der Waals surface area contributed by atoms with Gasteiger partial charge in [0, 0.05) is 19.4 Å². The maximum atomic E-state index is 12.6. The Bertz CT molecular complexity index is 1200. The van der Waals surface area contributed by atoms with E-state index < -0.39 is 50.8 Å². The zero-order chi connectivity index (χ0) is 41.5. The van der Waals surface area contributed by atoms with Crippen LogP contribution in [0.5, 0.6) is 0 Å². The second-order valence-electron chi connectivity index (χ2n) is 13.7. The highest BCUT2D eigenvalue weighted by Gasteiger charge is 2.26. The Morgan fingerprint density at radius 2 is 1.25 bits per heavy atom. The van der Waals surface area contributed by atoms with Crippen molar-refractivity contribution in [3.8, 4) is 0 Å². The largest absolute Gasteiger partial charge is 0.472 e. The normalized spacial score (nSPS) is 15.8. The van der Waals surface area contributed by atoms with Crippen molar-refractivity contribution < 1.29 is 52.9 Å². The summed E-state index contributed by atoms with van der Waals surface area (Å²) in [5, 5.41) is 30.5. The summed E-state index contributed by atoms with van der Waals surface area (Å²) in [7, 11) is -4.48. The highest BCUT2D eigenvalue weighted by Crippen LogP contribution is 2.43. The molecule has 6 N–H and O–H groups in total. The molecule has 13 heteroatoms. The summed E-state index contributed by atoms with van der Waals surface area (Å²) in [6.07, 6.45) is 34.4. The van der Waals surface area contributed by atoms with Crippen LogP contribution in [0.15, 0.2) is 72.9 Å². The molecule has 12 nitrogen and oxygen atoms in total. The molecule has 0 aliphatic heterocycles. The van der Waals surface area contributed by atoms with Gasteiger partial charge in [0.25, 0.3) is 0 Å². The number of rotatable bonds is 37. The number of allylic oxidation sites excluding steroid dienone is 10. The van der Waals surface area contributed by atoms with E-state index in [0.717, 1.165) is 70.6 Å². The lowest BCUT2D eigenvalue weighted by molar-refractivity contribution is -0.161. The Balaban J connectivity index is 4.57. The van der Waals surface area contributed by atoms with Crippen LogP contribution in [0.1, 0.15) is 136 Å². The van der Waals surface area contributed by atoms with E-state index >= 15 is 0 Å². The monoisotopic (exact) mass is 811 g/mol. The minimum Gasteiger partial charge on any atom is -0.462 e. The molecule has 1 unspecified atom stereocenters. The molecule has 322 valence electrons. The maximum Gasteiger partial charge on any atom is 0.472 e. The number of hydrogen-bond donors (Lipinski definition) is 5. The van der Waals surface area contributed by atoms with Crippen molar-refractivity contribution in [1.82, 2.24) is 0 Å². The summed E-state index contributed by atoms with van der Waals surface area (Å²) in [5.41, 5.74) is 5.32. The highest BCUT2D eigenvalue weighted by atomic mass is 31.2. The molecule has 0 aromatic carbocycles. The fraction of sp³-hybridized carbons (Fsp3) is 0.674. The van der Waals surface area contributed by atoms with E-state index in [2.05, 4.69) is 38.2 Å². The van der Waals surface area contributed by atoms with Crippen molar-refractivity contribution in [3.63, 3.8) is 0 Å². The summed E-state index contributed by atoms with van der Waals surface area (Å²) >= 11 is 0. The molecule has 0 fully saturated rings. The molecule has 0 aliphatic rings. The van der Waals surface area contributed by atoms with Gasteiger partial charge in [0.2, 0.25) is 0 Å². The number of hydrogen-bond acceptors (Lipinski definition) is 11. The standard InChI is InChI=1S/C43H74NO11P/c1-3-5-7-8-9-10-11-12-13-14-15-16-17-22-26-32-42(48)52-36-39(37-54-56(50,51)53-35-34-44)55-43(49)33-27-31-41(47)40(46)30-25-21-19-18-20-24-29-38(45)28-23-6-4-2/h9-10,12-13,18-21,24-25,29-30,38-41,45-47H,3-8,11,14-17,22-23,26-28,31-37,44H2,1-2H3,(H,50,51)/b10-9-,13-12-,20-18-,21-19+,29-24+,30-25+/t38-,39+,40-,41-/m0/s1. The van der Waals surface area contributed by atoms with E-state index in [1.807, 2.05) is 0 Å². The van der Waals surface area contributed by atoms with Gasteiger partial charge in [-0.2, -0.15) is 0 Å². The van der Waals surface area contributed by atoms with Gasteiger partial charge in [-0.3, -0.25) is 18.6 Å². The fourth-order valence-corrected chi connectivity index (χ4v) is 5.93. The number of phosphoric ester groups is 1. The van der Waals surface area contributed by atoms with Crippen LogP contribution in [0.4, 0.5) is 0 Å². The SMILES string of the molecule is CCCCC/C=C\C/C=C\CCCCCCCC(=O)OC[C@H](COP(=O)(O)OCCN)OC(=O)CCC[C@H](O)[C@@H](O)/C=C/C=C/C=C\C=C\[C@@H](O)CCCCC. The quantitative estimate of drug-likeness (QED) is 0.0132. The summed E-state index contributed by atoms with van der Waals surface area (Å²) in [4.78, 5) is 34.9. The summed E-state index contributed by atoms with van der Waals surface area (Å²) < 4.78 is 32.5. The molecule has 0 radical (unpaired) electrons. The lowest BCUT2D eigenvalue weighted by atomic mass is 10.1. The number of aliphatic hydroxyl groups excluding tert-OH is 3. The van der Waals surface area contributed by atoms with Gasteiger partial charge < -0.3 is 35.4 Å². The van der Waals surface area contributed by atoms with Crippen LogP contribution in [0.3, 0.4) is 0 Å². The zero-order valence-corrected chi connectivity index (χ0v) is 35.1. The van der Waals surface area contributed by atoms with Crippen LogP contribution in [0.2, 0.25) is 0 Å². The first kappa shape index (κ1) is 53.3. The third-order valence-electron chi connectivity index (χ3n) is 8.43. The molecular weight excluding hydrogens is 737 g/mol. The van der Waals surface area contributed by atoms with Crippen molar-refractivity contribution in [3.05, 3.63) is 72.9 Å². The number of phosphoric acid groups is 1. The number of unbranched alkanes of at least 4 members (excludes halogenated alkanes) is 10. The Morgan fingerprint density at radius 3 is 1.93 bits per heavy atom. The minimum atomic E-state index is -4.48. The molecule has 0 saturated carbocycles. The number of esters is 2. The Hall–Kier alpha value is -2.67. The maximum absolute atomic E-state index is 12.6. The van der Waals surface area contributed by atoms with E-state index in [4.69, 9.17) is 24.3 Å². The Morgan fingerprint density at radius 1 is 0.661 bits per heavy atom. The van der Waals surface area contributed by atoms with Gasteiger partial charge in [0.05, 0.1) is 31.5 Å². The fourth-order valence-electron chi connectivity index (χ4n) is 5.16. The highest BCUT2D eigenvalue weighted by molar-refractivity contribution is 7.47. The molecule has 0 bridgehead atoms. The van der Waals surface area contributed by atoms with Crippen molar-refractivity contribution in [2.45, 2.75) is 160 Å². The van der Waals surface area contributed by atoms with Crippen LogP contribution in [-0.2, 0) is 32.7 Å². The van der Waals surface area contributed by atoms with E-state index in [9.17, 15) is 34.4 Å². The van der Waals surface area contributed by atoms with Crippen LogP contribution in [-0.4, -0.2) is 82.9 Å². The first-order chi connectivity index (χ1) is 27.0. The van der Waals surface area contributed by atoms with Gasteiger partial charge in [-0.25, -0.2) is 4.57 Å². The van der Waals surface area contributed by atoms with E-state index in [0.29, 0.717) is 6.42 Å². The molecule has 0 saturated heterocycles. The van der Waals surface area contributed by atoms with Crippen molar-refractivity contribution in [2.75, 3.05) is 26.4 Å². The van der Waals surface area contributed by atoms with Gasteiger partial charge in [-0.05, 0) is 57.8 Å². The Kier molecular flexibility index (Phi) is 36.1. The molecule has 0 spiro atoms. The molecule has 0 aromatic heterocycles. The number of carbonyl (C=O) groups is 2. The third kappa shape index (κ3) is 35.7. The van der Waals surface area contributed by atoms with Gasteiger partial charge in [0.1, 0.15) is 6.61 Å². The second-order valence-corrected chi connectivity index (χ2v) is 15.2.